The van der Waals surface area contributed by atoms with E-state index >= 15 is 0 Å². The predicted molar refractivity (Wildman–Crippen MR) is 45.0 cm³/mol. The van der Waals surface area contributed by atoms with Gasteiger partial charge in [0.1, 0.15) is 12.4 Å². The average molecular weight is 146 g/mol. The quantitative estimate of drug-likeness (QED) is 0.509. The third-order valence-corrected chi connectivity index (χ3v) is 1.76. The van der Waals surface area contributed by atoms with Gasteiger partial charge in [0.05, 0.1) is 0 Å². The Morgan fingerprint density at radius 2 is 1.82 bits per heavy atom. The lowest BCUT2D eigenvalue weighted by Gasteiger charge is -2.10. The molecule has 0 bridgehead atoms. The van der Waals surface area contributed by atoms with Crippen LogP contribution in [0.4, 0.5) is 0 Å². The van der Waals surface area contributed by atoms with Crippen molar-refractivity contribution in [3.63, 3.8) is 0 Å². The van der Waals surface area contributed by atoms with E-state index in [1.165, 1.54) is 5.57 Å². The Kier molecular flexibility index (Phi) is 1.64. The first-order valence-corrected chi connectivity index (χ1v) is 3.83. The molecule has 2 rings (SSSR count). The van der Waals surface area contributed by atoms with Crippen molar-refractivity contribution < 1.29 is 4.74 Å². The van der Waals surface area contributed by atoms with E-state index in [2.05, 4.69) is 24.3 Å². The highest BCUT2D eigenvalue weighted by Crippen LogP contribution is 2.18. The second kappa shape index (κ2) is 2.79. The SMILES string of the molecule is C1=CC2=C(C=CC1)OCC=C2. The molecule has 0 saturated carbocycles. The molecular weight excluding hydrogens is 136 g/mol. The van der Waals surface area contributed by atoms with Gasteiger partial charge in [-0.1, -0.05) is 24.3 Å². The van der Waals surface area contributed by atoms with Crippen LogP contribution < -0.4 is 0 Å². The number of hydrogen-bond acceptors (Lipinski definition) is 1. The fourth-order valence-electron chi connectivity index (χ4n) is 1.21. The zero-order valence-electron chi connectivity index (χ0n) is 6.29. The standard InChI is InChI=1S/C10H10O/c1-2-5-9-6-4-8-11-10(9)7-3-1/h2-7H,1,8H2. The topological polar surface area (TPSA) is 9.23 Å². The Labute approximate surface area is 66.4 Å². The maximum atomic E-state index is 5.42. The molecular formula is C10H10O. The summed E-state index contributed by atoms with van der Waals surface area (Å²) in [6.45, 7) is 0.705. The molecule has 0 N–H and O–H groups in total. The summed E-state index contributed by atoms with van der Waals surface area (Å²) in [6.07, 6.45) is 13.5. The van der Waals surface area contributed by atoms with Crippen molar-refractivity contribution in [3.05, 3.63) is 47.8 Å². The summed E-state index contributed by atoms with van der Waals surface area (Å²) in [6, 6.07) is 0. The third-order valence-electron chi connectivity index (χ3n) is 1.76. The summed E-state index contributed by atoms with van der Waals surface area (Å²) in [5.74, 6) is 1.00. The minimum atomic E-state index is 0.705. The number of allylic oxidation sites excluding steroid dienone is 6. The number of hydrogen-bond donors (Lipinski definition) is 0. The normalized spacial score (nSPS) is 21.1. The summed E-state index contributed by atoms with van der Waals surface area (Å²) in [4.78, 5) is 0. The van der Waals surface area contributed by atoms with Gasteiger partial charge in [-0.3, -0.25) is 0 Å². The highest BCUT2D eigenvalue weighted by Gasteiger charge is 2.04. The van der Waals surface area contributed by atoms with Crippen LogP contribution in [0.3, 0.4) is 0 Å². The lowest BCUT2D eigenvalue weighted by molar-refractivity contribution is 0.255. The van der Waals surface area contributed by atoms with E-state index in [1.54, 1.807) is 0 Å². The minimum Gasteiger partial charge on any atom is -0.489 e. The Bertz CT molecular complexity index is 267. The molecule has 1 heterocycles. The maximum absolute atomic E-state index is 5.42. The van der Waals surface area contributed by atoms with Crippen LogP contribution >= 0.6 is 0 Å². The molecule has 0 fully saturated rings. The first kappa shape index (κ1) is 6.47. The van der Waals surface area contributed by atoms with Gasteiger partial charge in [-0.2, -0.15) is 0 Å². The van der Waals surface area contributed by atoms with Gasteiger partial charge < -0.3 is 4.74 Å². The molecule has 0 aromatic heterocycles. The van der Waals surface area contributed by atoms with Crippen molar-refractivity contribution in [3.8, 4) is 0 Å². The lowest BCUT2D eigenvalue weighted by atomic mass is 10.2. The maximum Gasteiger partial charge on any atom is 0.126 e. The highest BCUT2D eigenvalue weighted by molar-refractivity contribution is 5.41. The molecule has 1 aliphatic heterocycles. The van der Waals surface area contributed by atoms with Crippen molar-refractivity contribution in [2.45, 2.75) is 6.42 Å². The fourth-order valence-corrected chi connectivity index (χ4v) is 1.21. The minimum absolute atomic E-state index is 0.705. The molecule has 0 saturated heterocycles. The van der Waals surface area contributed by atoms with E-state index in [1.807, 2.05) is 12.2 Å². The lowest BCUT2D eigenvalue weighted by Crippen LogP contribution is -1.97. The molecule has 1 heteroatoms. The van der Waals surface area contributed by atoms with Crippen LogP contribution in [0, 0.1) is 0 Å². The van der Waals surface area contributed by atoms with E-state index in [0.29, 0.717) is 6.61 Å². The zero-order valence-corrected chi connectivity index (χ0v) is 6.29. The molecule has 11 heavy (non-hydrogen) atoms. The molecule has 1 nitrogen and oxygen atoms in total. The fraction of sp³-hybridized carbons (Fsp3) is 0.200. The van der Waals surface area contributed by atoms with Crippen LogP contribution in [-0.4, -0.2) is 6.61 Å². The summed E-state index contributed by atoms with van der Waals surface area (Å²) < 4.78 is 5.42. The largest absolute Gasteiger partial charge is 0.489 e. The zero-order chi connectivity index (χ0) is 7.52. The van der Waals surface area contributed by atoms with Gasteiger partial charge in [-0.05, 0) is 18.6 Å². The summed E-state index contributed by atoms with van der Waals surface area (Å²) in [5, 5.41) is 0. The second-order valence-electron chi connectivity index (χ2n) is 2.57. The smallest absolute Gasteiger partial charge is 0.126 e. The van der Waals surface area contributed by atoms with E-state index in [-0.39, 0.29) is 0 Å². The van der Waals surface area contributed by atoms with E-state index in [4.69, 9.17) is 4.74 Å². The van der Waals surface area contributed by atoms with Gasteiger partial charge in [0.2, 0.25) is 0 Å². The Morgan fingerprint density at radius 3 is 2.82 bits per heavy atom. The van der Waals surface area contributed by atoms with Crippen molar-refractivity contribution in [1.82, 2.24) is 0 Å². The molecule has 0 radical (unpaired) electrons. The molecule has 56 valence electrons. The van der Waals surface area contributed by atoms with Crippen molar-refractivity contribution >= 4 is 0 Å². The Morgan fingerprint density at radius 1 is 1.00 bits per heavy atom. The monoisotopic (exact) mass is 146 g/mol. The summed E-state index contributed by atoms with van der Waals surface area (Å²) in [7, 11) is 0. The molecule has 0 amide bonds. The summed E-state index contributed by atoms with van der Waals surface area (Å²) in [5.41, 5.74) is 1.19. The third kappa shape index (κ3) is 1.27. The molecule has 0 spiro atoms. The van der Waals surface area contributed by atoms with Gasteiger partial charge >= 0.3 is 0 Å². The van der Waals surface area contributed by atoms with Gasteiger partial charge in [-0.25, -0.2) is 0 Å². The van der Waals surface area contributed by atoms with Gasteiger partial charge in [0.15, 0.2) is 0 Å². The van der Waals surface area contributed by atoms with Crippen molar-refractivity contribution in [1.29, 1.82) is 0 Å². The van der Waals surface area contributed by atoms with Crippen LogP contribution in [0.2, 0.25) is 0 Å². The highest BCUT2D eigenvalue weighted by atomic mass is 16.5. The van der Waals surface area contributed by atoms with Crippen molar-refractivity contribution in [2.75, 3.05) is 6.61 Å². The molecule has 0 aromatic rings. The molecule has 0 unspecified atom stereocenters. The molecule has 0 atom stereocenters. The average Bonchev–Trinajstić information content (AvgIpc) is 2.28. The molecule has 1 aliphatic carbocycles. The van der Waals surface area contributed by atoms with Gasteiger partial charge in [0.25, 0.3) is 0 Å². The van der Waals surface area contributed by atoms with E-state index in [0.717, 1.165) is 12.2 Å². The van der Waals surface area contributed by atoms with Gasteiger partial charge in [-0.15, -0.1) is 0 Å². The predicted octanol–water partition coefficient (Wildman–Crippen LogP) is 2.34. The Hall–Kier alpha value is -1.24. The Balaban J connectivity index is 2.39. The first-order valence-electron chi connectivity index (χ1n) is 3.83. The van der Waals surface area contributed by atoms with Crippen LogP contribution in [0.25, 0.3) is 0 Å². The first-order chi connectivity index (χ1) is 5.47. The van der Waals surface area contributed by atoms with Crippen LogP contribution in [0.5, 0.6) is 0 Å². The van der Waals surface area contributed by atoms with Crippen LogP contribution in [0.15, 0.2) is 47.8 Å². The van der Waals surface area contributed by atoms with Crippen molar-refractivity contribution in [2.24, 2.45) is 0 Å². The van der Waals surface area contributed by atoms with E-state index in [9.17, 15) is 0 Å². The number of rotatable bonds is 0. The van der Waals surface area contributed by atoms with Crippen LogP contribution in [-0.2, 0) is 4.74 Å². The number of ether oxygens (including phenoxy) is 1. The summed E-state index contributed by atoms with van der Waals surface area (Å²) >= 11 is 0. The van der Waals surface area contributed by atoms with Gasteiger partial charge in [0, 0.05) is 5.57 Å². The van der Waals surface area contributed by atoms with E-state index < -0.39 is 0 Å². The van der Waals surface area contributed by atoms with Crippen LogP contribution in [0.1, 0.15) is 6.42 Å². The molecule has 0 aromatic carbocycles. The second-order valence-corrected chi connectivity index (χ2v) is 2.57. The molecule has 2 aliphatic rings.